The zero-order valence-corrected chi connectivity index (χ0v) is 12.3. The van der Waals surface area contributed by atoms with Crippen molar-refractivity contribution in [3.05, 3.63) is 58.4 Å². The maximum atomic E-state index is 12.3. The second-order valence-corrected chi connectivity index (χ2v) is 5.33. The van der Waals surface area contributed by atoms with Gasteiger partial charge in [0.15, 0.2) is 0 Å². The number of furan rings is 1. The van der Waals surface area contributed by atoms with E-state index in [9.17, 15) is 4.79 Å². The Morgan fingerprint density at radius 2 is 2.15 bits per heavy atom. The summed E-state index contributed by atoms with van der Waals surface area (Å²) in [7, 11) is 0. The Labute approximate surface area is 123 Å². The Morgan fingerprint density at radius 1 is 1.35 bits per heavy atom. The number of halogens is 1. The second-order valence-electron chi connectivity index (χ2n) is 4.42. The van der Waals surface area contributed by atoms with Crippen molar-refractivity contribution in [2.75, 3.05) is 5.32 Å². The largest absolute Gasteiger partial charge is 0.463 e. The first-order valence-electron chi connectivity index (χ1n) is 6.05. The number of rotatable bonds is 2. The Morgan fingerprint density at radius 3 is 2.95 bits per heavy atom. The van der Waals surface area contributed by atoms with E-state index in [4.69, 9.17) is 4.42 Å². The lowest BCUT2D eigenvalue weighted by Crippen LogP contribution is -2.13. The highest BCUT2D eigenvalue weighted by Gasteiger charge is 2.14. The first-order chi connectivity index (χ1) is 9.65. The van der Waals surface area contributed by atoms with Crippen LogP contribution in [0.2, 0.25) is 0 Å². The van der Waals surface area contributed by atoms with E-state index in [1.807, 2.05) is 37.3 Å². The lowest BCUT2D eigenvalue weighted by molar-refractivity contribution is 0.102. The van der Waals surface area contributed by atoms with E-state index in [2.05, 4.69) is 26.2 Å². The number of amides is 1. The number of para-hydroxylation sites is 1. The minimum atomic E-state index is -0.229. The summed E-state index contributed by atoms with van der Waals surface area (Å²) in [6.45, 7) is 1.89. The van der Waals surface area contributed by atoms with Crippen LogP contribution in [0.3, 0.4) is 0 Å². The number of aryl methyl sites for hydroxylation is 1. The summed E-state index contributed by atoms with van der Waals surface area (Å²) in [6, 6.07) is 9.33. The number of nitrogens with one attached hydrogen (secondary N) is 1. The molecule has 20 heavy (non-hydrogen) atoms. The number of carbonyl (C=O) groups excluding carboxylic acids is 1. The van der Waals surface area contributed by atoms with Crippen LogP contribution in [0.4, 0.5) is 5.82 Å². The van der Waals surface area contributed by atoms with Gasteiger partial charge in [0.25, 0.3) is 5.91 Å². The van der Waals surface area contributed by atoms with Crippen molar-refractivity contribution in [1.29, 1.82) is 0 Å². The number of carbonyl (C=O) groups is 1. The van der Waals surface area contributed by atoms with Crippen LogP contribution in [-0.4, -0.2) is 10.9 Å². The zero-order valence-electron chi connectivity index (χ0n) is 10.7. The van der Waals surface area contributed by atoms with Gasteiger partial charge in [-0.2, -0.15) is 0 Å². The van der Waals surface area contributed by atoms with Gasteiger partial charge < -0.3 is 9.73 Å². The summed E-state index contributed by atoms with van der Waals surface area (Å²) < 4.78 is 6.25. The molecule has 1 amide bonds. The number of pyridine rings is 1. The molecule has 0 atom stereocenters. The number of aromatic nitrogens is 1. The second kappa shape index (κ2) is 5.09. The Bertz CT molecular complexity index is 795. The van der Waals surface area contributed by atoms with Crippen LogP contribution in [-0.2, 0) is 0 Å². The van der Waals surface area contributed by atoms with E-state index < -0.39 is 0 Å². The van der Waals surface area contributed by atoms with Gasteiger partial charge in [-0.15, -0.1) is 0 Å². The molecule has 3 rings (SSSR count). The molecule has 0 saturated heterocycles. The lowest BCUT2D eigenvalue weighted by atomic mass is 10.1. The van der Waals surface area contributed by atoms with E-state index >= 15 is 0 Å². The lowest BCUT2D eigenvalue weighted by Gasteiger charge is -2.06. The van der Waals surface area contributed by atoms with Gasteiger partial charge in [0, 0.05) is 16.1 Å². The van der Waals surface area contributed by atoms with Crippen molar-refractivity contribution in [3.63, 3.8) is 0 Å². The van der Waals surface area contributed by atoms with Gasteiger partial charge >= 0.3 is 0 Å². The summed E-state index contributed by atoms with van der Waals surface area (Å²) in [6.07, 6.45) is 3.12. The molecule has 0 saturated carbocycles. The van der Waals surface area contributed by atoms with Crippen molar-refractivity contribution in [3.8, 4) is 0 Å². The molecule has 3 aromatic rings. The highest BCUT2D eigenvalue weighted by atomic mass is 79.9. The Kier molecular flexibility index (Phi) is 3.28. The molecule has 0 unspecified atom stereocenters. The third-order valence-corrected chi connectivity index (χ3v) is 3.44. The molecule has 5 heteroatoms. The number of hydrogen-bond acceptors (Lipinski definition) is 3. The van der Waals surface area contributed by atoms with Crippen LogP contribution < -0.4 is 5.32 Å². The van der Waals surface area contributed by atoms with E-state index in [0.29, 0.717) is 17.0 Å². The Hall–Kier alpha value is -2.14. The summed E-state index contributed by atoms with van der Waals surface area (Å²) in [5, 5.41) is 3.59. The normalized spacial score (nSPS) is 10.7. The minimum absolute atomic E-state index is 0.229. The van der Waals surface area contributed by atoms with Gasteiger partial charge in [0.05, 0.1) is 5.56 Å². The molecule has 1 aromatic carbocycles. The molecular weight excluding hydrogens is 320 g/mol. The molecule has 0 fully saturated rings. The molecule has 0 aliphatic heterocycles. The van der Waals surface area contributed by atoms with Crippen molar-refractivity contribution >= 4 is 38.6 Å². The molecule has 4 nitrogen and oxygen atoms in total. The molecule has 2 heterocycles. The molecule has 0 aliphatic carbocycles. The molecular formula is C15H11BrN2O2. The van der Waals surface area contributed by atoms with Crippen molar-refractivity contribution in [1.82, 2.24) is 4.98 Å². The third-order valence-electron chi connectivity index (χ3n) is 3.00. The Balaban J connectivity index is 1.93. The average molecular weight is 331 g/mol. The van der Waals surface area contributed by atoms with Crippen LogP contribution in [0.1, 0.15) is 15.9 Å². The predicted molar refractivity (Wildman–Crippen MR) is 80.8 cm³/mol. The van der Waals surface area contributed by atoms with Crippen LogP contribution in [0.15, 0.2) is 51.7 Å². The highest BCUT2D eigenvalue weighted by Crippen LogP contribution is 2.23. The fourth-order valence-electron chi connectivity index (χ4n) is 2.00. The van der Waals surface area contributed by atoms with Crippen LogP contribution in [0.25, 0.3) is 11.0 Å². The zero-order chi connectivity index (χ0) is 14.1. The van der Waals surface area contributed by atoms with Gasteiger partial charge in [-0.1, -0.05) is 18.2 Å². The molecule has 1 N–H and O–H groups in total. The quantitative estimate of drug-likeness (QED) is 0.767. The van der Waals surface area contributed by atoms with Gasteiger partial charge in [0.2, 0.25) is 0 Å². The number of nitrogens with zero attached hydrogens (tertiary/aromatic N) is 1. The first kappa shape index (κ1) is 12.9. The summed E-state index contributed by atoms with van der Waals surface area (Å²) in [4.78, 5) is 16.5. The fraction of sp³-hybridized carbons (Fsp3) is 0.0667. The first-order valence-corrected chi connectivity index (χ1v) is 6.84. The minimum Gasteiger partial charge on any atom is -0.463 e. The monoisotopic (exact) mass is 330 g/mol. The van der Waals surface area contributed by atoms with Crippen LogP contribution in [0, 0.1) is 6.92 Å². The van der Waals surface area contributed by atoms with Gasteiger partial charge in [-0.25, -0.2) is 4.98 Å². The molecule has 0 radical (unpaired) electrons. The summed E-state index contributed by atoms with van der Waals surface area (Å²) >= 11 is 3.34. The summed E-state index contributed by atoms with van der Waals surface area (Å²) in [5.41, 5.74) is 2.09. The maximum Gasteiger partial charge on any atom is 0.260 e. The van der Waals surface area contributed by atoms with Crippen LogP contribution in [0.5, 0.6) is 0 Å². The van der Waals surface area contributed by atoms with Crippen LogP contribution >= 0.6 is 15.9 Å². The standard InChI is InChI=1S/C15H11BrN2O2/c1-9-6-10(16)7-17-14(9)18-15(19)12-8-20-13-5-3-2-4-11(12)13/h2-8H,1H3,(H,17,18,19). The smallest absolute Gasteiger partial charge is 0.260 e. The van der Waals surface area contributed by atoms with E-state index in [1.165, 1.54) is 6.26 Å². The maximum absolute atomic E-state index is 12.3. The fourth-order valence-corrected chi connectivity index (χ4v) is 2.45. The van der Waals surface area contributed by atoms with E-state index in [0.717, 1.165) is 15.4 Å². The number of hydrogen-bond donors (Lipinski definition) is 1. The predicted octanol–water partition coefficient (Wildman–Crippen LogP) is 4.15. The number of anilines is 1. The highest BCUT2D eigenvalue weighted by molar-refractivity contribution is 9.10. The summed E-state index contributed by atoms with van der Waals surface area (Å²) in [5.74, 6) is 0.316. The van der Waals surface area contributed by atoms with Gasteiger partial charge in [-0.3, -0.25) is 4.79 Å². The topological polar surface area (TPSA) is 55.1 Å². The molecule has 0 spiro atoms. The molecule has 2 aromatic heterocycles. The van der Waals surface area contributed by atoms with Crippen molar-refractivity contribution in [2.45, 2.75) is 6.92 Å². The van der Waals surface area contributed by atoms with Gasteiger partial charge in [-0.05, 0) is 40.5 Å². The van der Waals surface area contributed by atoms with Gasteiger partial charge in [0.1, 0.15) is 17.7 Å². The molecule has 100 valence electrons. The average Bonchev–Trinajstić information content (AvgIpc) is 2.86. The number of benzene rings is 1. The molecule has 0 aliphatic rings. The SMILES string of the molecule is Cc1cc(Br)cnc1NC(=O)c1coc2ccccc12. The van der Waals surface area contributed by atoms with E-state index in [-0.39, 0.29) is 5.91 Å². The van der Waals surface area contributed by atoms with Crippen molar-refractivity contribution in [2.24, 2.45) is 0 Å². The third kappa shape index (κ3) is 2.32. The van der Waals surface area contributed by atoms with E-state index in [1.54, 1.807) is 6.20 Å². The molecule has 0 bridgehead atoms. The van der Waals surface area contributed by atoms with Crippen molar-refractivity contribution < 1.29 is 9.21 Å². The number of fused-ring (bicyclic) bond motifs is 1.